The molecule has 2 aromatic rings. The summed E-state index contributed by atoms with van der Waals surface area (Å²) in [5.41, 5.74) is 1.03. The molecule has 2 amide bonds. The maximum absolute atomic E-state index is 13.4. The van der Waals surface area contributed by atoms with Gasteiger partial charge in [-0.05, 0) is 13.0 Å². The van der Waals surface area contributed by atoms with E-state index in [9.17, 15) is 14.7 Å². The summed E-state index contributed by atoms with van der Waals surface area (Å²) >= 11 is 0. The zero-order valence-corrected chi connectivity index (χ0v) is 19.8. The van der Waals surface area contributed by atoms with Gasteiger partial charge in [-0.25, -0.2) is 9.97 Å². The Morgan fingerprint density at radius 3 is 2.85 bits per heavy atom. The van der Waals surface area contributed by atoms with Crippen LogP contribution in [0.2, 0.25) is 0 Å². The quantitative estimate of drug-likeness (QED) is 0.622. The molecule has 0 bridgehead atoms. The van der Waals surface area contributed by atoms with Gasteiger partial charge in [-0.15, -0.1) is 0 Å². The highest BCUT2D eigenvalue weighted by Crippen LogP contribution is 2.27. The predicted octanol–water partition coefficient (Wildman–Crippen LogP) is 0.862. The highest BCUT2D eigenvalue weighted by molar-refractivity contribution is 5.97. The molecule has 0 fully saturated rings. The summed E-state index contributed by atoms with van der Waals surface area (Å²) in [6, 6.07) is 1.22. The molecule has 0 aromatic carbocycles. The minimum Gasteiger partial charge on any atom is -0.472 e. The average Bonchev–Trinajstić information content (AvgIpc) is 2.86. The van der Waals surface area contributed by atoms with Gasteiger partial charge >= 0.3 is 0 Å². The number of aromatic nitrogens is 3. The number of ether oxygens (including phenoxy) is 2. The third-order valence-corrected chi connectivity index (χ3v) is 5.55. The monoisotopic (exact) mass is 467 g/mol. The molecule has 0 spiro atoms. The Kier molecular flexibility index (Phi) is 8.51. The molecule has 1 N–H and O–H groups in total. The van der Waals surface area contributed by atoms with E-state index in [1.807, 2.05) is 6.92 Å². The molecule has 10 nitrogen and oxygen atoms in total. The number of likely N-dealkylation sites (N-methyl/N-ethyl adjacent to an activating group) is 1. The van der Waals surface area contributed by atoms with E-state index in [1.54, 1.807) is 32.0 Å². The number of aliphatic hydroxyl groups is 1. The second kappa shape index (κ2) is 11.5. The first-order valence-corrected chi connectivity index (χ1v) is 10.9. The van der Waals surface area contributed by atoms with Crippen LogP contribution in [0.5, 0.6) is 5.88 Å². The Hall–Kier alpha value is -3.55. The summed E-state index contributed by atoms with van der Waals surface area (Å²) < 4.78 is 11.1. The molecule has 3 rings (SSSR count). The topological polar surface area (TPSA) is 118 Å². The van der Waals surface area contributed by atoms with E-state index in [4.69, 9.17) is 9.47 Å². The number of hydrogen-bond donors (Lipinski definition) is 1. The summed E-state index contributed by atoms with van der Waals surface area (Å²) in [5, 5.41) is 9.77. The third-order valence-electron chi connectivity index (χ3n) is 5.55. The van der Waals surface area contributed by atoms with E-state index in [2.05, 4.69) is 26.8 Å². The first-order chi connectivity index (χ1) is 16.3. The number of methoxy groups -OCH3 is 1. The summed E-state index contributed by atoms with van der Waals surface area (Å²) in [5.74, 6) is 5.17. The van der Waals surface area contributed by atoms with Gasteiger partial charge in [0.15, 0.2) is 0 Å². The van der Waals surface area contributed by atoms with Crippen LogP contribution in [-0.2, 0) is 4.74 Å². The van der Waals surface area contributed by atoms with E-state index < -0.39 is 12.1 Å². The molecule has 1 aliphatic rings. The number of rotatable bonds is 6. The molecular weight excluding hydrogens is 438 g/mol. The number of hydrogen-bond acceptors (Lipinski definition) is 8. The highest BCUT2D eigenvalue weighted by Gasteiger charge is 2.34. The molecule has 1 aliphatic heterocycles. The van der Waals surface area contributed by atoms with Crippen molar-refractivity contribution in [2.45, 2.75) is 26.0 Å². The van der Waals surface area contributed by atoms with Crippen LogP contribution in [0.1, 0.15) is 40.3 Å². The minimum atomic E-state index is -0.469. The third kappa shape index (κ3) is 5.87. The van der Waals surface area contributed by atoms with Crippen molar-refractivity contribution in [3.8, 4) is 17.7 Å². The lowest BCUT2D eigenvalue weighted by Gasteiger charge is -2.37. The summed E-state index contributed by atoms with van der Waals surface area (Å²) in [7, 11) is 3.21. The van der Waals surface area contributed by atoms with Crippen LogP contribution >= 0.6 is 0 Å². The molecule has 10 heteroatoms. The van der Waals surface area contributed by atoms with Crippen LogP contribution in [0.15, 0.2) is 30.9 Å². The van der Waals surface area contributed by atoms with E-state index in [0.717, 1.165) is 0 Å². The Bertz CT molecular complexity index is 1070. The lowest BCUT2D eigenvalue weighted by Crippen LogP contribution is -2.50. The maximum Gasteiger partial charge on any atom is 0.273 e. The van der Waals surface area contributed by atoms with Crippen LogP contribution in [0.3, 0.4) is 0 Å². The van der Waals surface area contributed by atoms with E-state index in [0.29, 0.717) is 12.1 Å². The van der Waals surface area contributed by atoms with Crippen molar-refractivity contribution in [3.05, 3.63) is 47.7 Å². The van der Waals surface area contributed by atoms with Gasteiger partial charge in [-0.3, -0.25) is 14.6 Å². The van der Waals surface area contributed by atoms with Gasteiger partial charge in [-0.2, -0.15) is 0 Å². The predicted molar refractivity (Wildman–Crippen MR) is 123 cm³/mol. The summed E-state index contributed by atoms with van der Waals surface area (Å²) in [6.07, 6.45) is 5.44. The van der Waals surface area contributed by atoms with Crippen LogP contribution in [-0.4, -0.2) is 94.3 Å². The largest absolute Gasteiger partial charge is 0.472 e. The highest BCUT2D eigenvalue weighted by atomic mass is 16.5. The van der Waals surface area contributed by atoms with Crippen molar-refractivity contribution in [2.75, 3.05) is 40.5 Å². The first kappa shape index (κ1) is 25.1. The normalized spacial score (nSPS) is 18.5. The molecular formula is C24H29N5O5. The second-order valence-electron chi connectivity index (χ2n) is 8.21. The maximum atomic E-state index is 13.4. The molecule has 0 unspecified atom stereocenters. The van der Waals surface area contributed by atoms with Crippen LogP contribution in [0, 0.1) is 17.8 Å². The van der Waals surface area contributed by atoms with Gasteiger partial charge < -0.3 is 24.4 Å². The SMILES string of the molecule is COCC#Cc1cnc2c(c1)C(=O)N([C@@H](C)CO)C[C@@H](C)[C@H](CN(C)C(=O)c1cnccn1)O2. The minimum absolute atomic E-state index is 0.161. The van der Waals surface area contributed by atoms with E-state index in [1.165, 1.54) is 29.7 Å². The lowest BCUT2D eigenvalue weighted by molar-refractivity contribution is 0.0312. The van der Waals surface area contributed by atoms with Crippen molar-refractivity contribution in [1.29, 1.82) is 0 Å². The van der Waals surface area contributed by atoms with Crippen molar-refractivity contribution in [1.82, 2.24) is 24.8 Å². The zero-order valence-electron chi connectivity index (χ0n) is 19.8. The molecule has 34 heavy (non-hydrogen) atoms. The number of pyridine rings is 1. The lowest BCUT2D eigenvalue weighted by atomic mass is 10.00. The molecule has 0 aliphatic carbocycles. The fraction of sp³-hybridized carbons (Fsp3) is 0.458. The first-order valence-electron chi connectivity index (χ1n) is 10.9. The number of nitrogens with zero attached hydrogens (tertiary/aromatic N) is 5. The number of amides is 2. The number of carbonyl (C=O) groups excluding carboxylic acids is 2. The molecule has 0 radical (unpaired) electrons. The molecule has 0 saturated heterocycles. The van der Waals surface area contributed by atoms with Crippen molar-refractivity contribution in [3.63, 3.8) is 0 Å². The molecule has 180 valence electrons. The van der Waals surface area contributed by atoms with E-state index >= 15 is 0 Å². The summed E-state index contributed by atoms with van der Waals surface area (Å²) in [6.45, 7) is 4.35. The Morgan fingerprint density at radius 2 is 2.18 bits per heavy atom. The van der Waals surface area contributed by atoms with Crippen molar-refractivity contribution in [2.24, 2.45) is 5.92 Å². The molecule has 3 atom stereocenters. The second-order valence-corrected chi connectivity index (χ2v) is 8.21. The smallest absolute Gasteiger partial charge is 0.273 e. The summed E-state index contributed by atoms with van der Waals surface area (Å²) in [4.78, 5) is 41.7. The van der Waals surface area contributed by atoms with Crippen LogP contribution < -0.4 is 4.74 Å². The molecule has 3 heterocycles. The fourth-order valence-electron chi connectivity index (χ4n) is 3.56. The standard InChI is InChI=1S/C24H29N5O5/c1-16-13-29(17(2)15-30)23(31)19-10-18(6-5-9-33-4)11-27-22(19)34-21(16)14-28(3)24(32)20-12-25-7-8-26-20/h7-8,10-12,16-17,21,30H,9,13-15H2,1-4H3/t16-,17+,21+/m1/s1. The fourth-order valence-corrected chi connectivity index (χ4v) is 3.56. The molecule has 2 aromatic heterocycles. The zero-order chi connectivity index (χ0) is 24.7. The molecule has 0 saturated carbocycles. The average molecular weight is 468 g/mol. The van der Waals surface area contributed by atoms with E-state index in [-0.39, 0.29) is 54.6 Å². The van der Waals surface area contributed by atoms with Crippen LogP contribution in [0.4, 0.5) is 0 Å². The Morgan fingerprint density at radius 1 is 1.38 bits per heavy atom. The van der Waals surface area contributed by atoms with Gasteiger partial charge in [0.05, 0.1) is 25.4 Å². The number of carbonyl (C=O) groups is 2. The Balaban J connectivity index is 1.93. The van der Waals surface area contributed by atoms with Gasteiger partial charge in [0.25, 0.3) is 11.8 Å². The number of aliphatic hydroxyl groups excluding tert-OH is 1. The Labute approximate surface area is 198 Å². The van der Waals surface area contributed by atoms with Crippen molar-refractivity contribution < 1.29 is 24.2 Å². The van der Waals surface area contributed by atoms with Crippen molar-refractivity contribution >= 4 is 11.8 Å². The van der Waals surface area contributed by atoms with Crippen LogP contribution in [0.25, 0.3) is 0 Å². The van der Waals surface area contributed by atoms with Gasteiger partial charge in [0.1, 0.15) is 24.0 Å². The van der Waals surface area contributed by atoms with Gasteiger partial charge in [0.2, 0.25) is 5.88 Å². The number of fused-ring (bicyclic) bond motifs is 1. The van der Waals surface area contributed by atoms with Gasteiger partial charge in [-0.1, -0.05) is 18.8 Å². The van der Waals surface area contributed by atoms with Gasteiger partial charge in [0, 0.05) is 50.8 Å².